The predicted molar refractivity (Wildman–Crippen MR) is 79.5 cm³/mol. The summed E-state index contributed by atoms with van der Waals surface area (Å²) in [6.07, 6.45) is 6.80. The van der Waals surface area contributed by atoms with Crippen LogP contribution in [0.25, 0.3) is 0 Å². The zero-order valence-electron chi connectivity index (χ0n) is 11.8. The minimum Gasteiger partial charge on any atom is -0.353 e. The van der Waals surface area contributed by atoms with Gasteiger partial charge >= 0.3 is 0 Å². The highest BCUT2D eigenvalue weighted by molar-refractivity contribution is 5.77. The Morgan fingerprint density at radius 3 is 2.70 bits per heavy atom. The van der Waals surface area contributed by atoms with Crippen LogP contribution < -0.4 is 5.32 Å². The first-order chi connectivity index (χ1) is 9.72. The number of hydrogen-bond acceptors (Lipinski definition) is 1. The molecule has 1 amide bonds. The Morgan fingerprint density at radius 1 is 1.30 bits per heavy atom. The fraction of sp³-hybridized carbons (Fsp3) is 0.353. The normalized spacial score (nSPS) is 15.8. The van der Waals surface area contributed by atoms with Gasteiger partial charge in [0.25, 0.3) is 0 Å². The van der Waals surface area contributed by atoms with E-state index in [4.69, 9.17) is 0 Å². The van der Waals surface area contributed by atoms with Gasteiger partial charge in [0.15, 0.2) is 0 Å². The summed E-state index contributed by atoms with van der Waals surface area (Å²) >= 11 is 0. The molecule has 1 saturated carbocycles. The summed E-state index contributed by atoms with van der Waals surface area (Å²) in [6.45, 7) is 2.08. The molecule has 0 radical (unpaired) electrons. The van der Waals surface area contributed by atoms with Gasteiger partial charge in [0, 0.05) is 18.4 Å². The van der Waals surface area contributed by atoms with E-state index >= 15 is 0 Å². The molecule has 1 fully saturated rings. The average Bonchev–Trinajstić information content (AvgIpc) is 3.06. The van der Waals surface area contributed by atoms with Crippen molar-refractivity contribution in [2.45, 2.75) is 38.3 Å². The van der Waals surface area contributed by atoms with Crippen LogP contribution >= 0.6 is 0 Å². The Balaban J connectivity index is 1.81. The molecule has 1 N–H and O–H groups in total. The largest absolute Gasteiger partial charge is 0.353 e. The van der Waals surface area contributed by atoms with E-state index in [0.29, 0.717) is 12.5 Å². The predicted octanol–water partition coefficient (Wildman–Crippen LogP) is 3.05. The number of nitrogens with zero attached hydrogens (tertiary/aromatic N) is 1. The molecule has 0 saturated heterocycles. The van der Waals surface area contributed by atoms with Gasteiger partial charge in [0.2, 0.25) is 5.91 Å². The fourth-order valence-electron chi connectivity index (χ4n) is 2.52. The SMILES string of the molecule is Cc1cccc(C(CC(=O)NC2CC2)n2cccc2)c1. The van der Waals surface area contributed by atoms with Crippen LogP contribution in [0.3, 0.4) is 0 Å². The first-order valence-electron chi connectivity index (χ1n) is 7.21. The third-order valence-corrected chi connectivity index (χ3v) is 3.74. The van der Waals surface area contributed by atoms with Gasteiger partial charge in [0.05, 0.1) is 12.5 Å². The lowest BCUT2D eigenvalue weighted by Gasteiger charge is -2.19. The summed E-state index contributed by atoms with van der Waals surface area (Å²) in [7, 11) is 0. The maximum absolute atomic E-state index is 12.1. The molecular weight excluding hydrogens is 248 g/mol. The van der Waals surface area contributed by atoms with Gasteiger partial charge in [-0.2, -0.15) is 0 Å². The Bertz CT molecular complexity index is 585. The Labute approximate surface area is 119 Å². The average molecular weight is 268 g/mol. The Hall–Kier alpha value is -2.03. The van der Waals surface area contributed by atoms with Crippen molar-refractivity contribution in [3.63, 3.8) is 0 Å². The molecule has 0 spiro atoms. The molecular formula is C17H20N2O. The first-order valence-corrected chi connectivity index (χ1v) is 7.21. The van der Waals surface area contributed by atoms with Crippen LogP contribution in [0.1, 0.15) is 36.4 Å². The summed E-state index contributed by atoms with van der Waals surface area (Å²) in [4.78, 5) is 12.1. The van der Waals surface area contributed by atoms with Crippen LogP contribution in [0.5, 0.6) is 0 Å². The second kappa shape index (κ2) is 5.53. The number of benzene rings is 1. The topological polar surface area (TPSA) is 34.0 Å². The lowest BCUT2D eigenvalue weighted by atomic mass is 10.0. The van der Waals surface area contributed by atoms with E-state index in [2.05, 4.69) is 41.1 Å². The van der Waals surface area contributed by atoms with Gasteiger partial charge < -0.3 is 9.88 Å². The Morgan fingerprint density at radius 2 is 2.05 bits per heavy atom. The van der Waals surface area contributed by atoms with Crippen LogP contribution in [-0.4, -0.2) is 16.5 Å². The van der Waals surface area contributed by atoms with Crippen molar-refractivity contribution in [3.8, 4) is 0 Å². The summed E-state index contributed by atoms with van der Waals surface area (Å²) < 4.78 is 2.11. The molecule has 3 heteroatoms. The van der Waals surface area contributed by atoms with E-state index in [1.807, 2.05) is 24.5 Å². The molecule has 104 valence electrons. The molecule has 0 aliphatic heterocycles. The van der Waals surface area contributed by atoms with E-state index in [0.717, 1.165) is 12.8 Å². The molecule has 1 aromatic carbocycles. The maximum Gasteiger partial charge on any atom is 0.222 e. The molecule has 1 atom stereocenters. The highest BCUT2D eigenvalue weighted by atomic mass is 16.1. The van der Waals surface area contributed by atoms with Crippen molar-refractivity contribution in [1.82, 2.24) is 9.88 Å². The van der Waals surface area contributed by atoms with Crippen molar-refractivity contribution < 1.29 is 4.79 Å². The van der Waals surface area contributed by atoms with Crippen LogP contribution in [0.15, 0.2) is 48.8 Å². The number of hydrogen-bond donors (Lipinski definition) is 1. The highest BCUT2D eigenvalue weighted by Crippen LogP contribution is 2.25. The van der Waals surface area contributed by atoms with Crippen LogP contribution in [0.2, 0.25) is 0 Å². The molecule has 0 bridgehead atoms. The molecule has 1 unspecified atom stereocenters. The summed E-state index contributed by atoms with van der Waals surface area (Å²) in [5.41, 5.74) is 2.41. The minimum atomic E-state index is 0.0728. The molecule has 1 aliphatic rings. The van der Waals surface area contributed by atoms with Gasteiger partial charge in [-0.3, -0.25) is 4.79 Å². The molecule has 1 aliphatic carbocycles. The van der Waals surface area contributed by atoms with E-state index < -0.39 is 0 Å². The summed E-state index contributed by atoms with van der Waals surface area (Å²) in [5, 5.41) is 3.08. The zero-order valence-corrected chi connectivity index (χ0v) is 11.8. The fourth-order valence-corrected chi connectivity index (χ4v) is 2.52. The molecule has 1 aromatic heterocycles. The summed E-state index contributed by atoms with van der Waals surface area (Å²) in [6, 6.07) is 12.9. The number of carbonyl (C=O) groups excluding carboxylic acids is 1. The van der Waals surface area contributed by atoms with E-state index in [-0.39, 0.29) is 11.9 Å². The standard InChI is InChI=1S/C17H20N2O/c1-13-5-4-6-14(11-13)16(19-9-2-3-10-19)12-17(20)18-15-7-8-15/h2-6,9-11,15-16H,7-8,12H2,1H3,(H,18,20). The monoisotopic (exact) mass is 268 g/mol. The minimum absolute atomic E-state index is 0.0728. The van der Waals surface area contributed by atoms with Crippen LogP contribution in [0.4, 0.5) is 0 Å². The molecule has 1 heterocycles. The lowest BCUT2D eigenvalue weighted by molar-refractivity contribution is -0.121. The zero-order chi connectivity index (χ0) is 13.9. The van der Waals surface area contributed by atoms with Gasteiger partial charge in [-0.25, -0.2) is 0 Å². The Kier molecular flexibility index (Phi) is 3.59. The number of carbonyl (C=O) groups is 1. The van der Waals surface area contributed by atoms with Crippen molar-refractivity contribution >= 4 is 5.91 Å². The molecule has 3 nitrogen and oxygen atoms in total. The van der Waals surface area contributed by atoms with Crippen molar-refractivity contribution in [2.75, 3.05) is 0 Å². The number of rotatable bonds is 5. The smallest absolute Gasteiger partial charge is 0.222 e. The quantitative estimate of drug-likeness (QED) is 0.888. The van der Waals surface area contributed by atoms with E-state index in [1.54, 1.807) is 0 Å². The number of aromatic nitrogens is 1. The van der Waals surface area contributed by atoms with Crippen LogP contribution in [0, 0.1) is 6.92 Å². The van der Waals surface area contributed by atoms with Crippen LogP contribution in [-0.2, 0) is 4.79 Å². The number of nitrogens with one attached hydrogen (secondary N) is 1. The van der Waals surface area contributed by atoms with Gasteiger partial charge in [-0.05, 0) is 37.5 Å². The second-order valence-corrected chi connectivity index (χ2v) is 5.61. The van der Waals surface area contributed by atoms with Gasteiger partial charge in [-0.15, -0.1) is 0 Å². The van der Waals surface area contributed by atoms with Crippen molar-refractivity contribution in [1.29, 1.82) is 0 Å². The lowest BCUT2D eigenvalue weighted by Crippen LogP contribution is -2.28. The first kappa shape index (κ1) is 13.0. The van der Waals surface area contributed by atoms with E-state index in [9.17, 15) is 4.79 Å². The molecule has 2 aromatic rings. The maximum atomic E-state index is 12.1. The molecule has 3 rings (SSSR count). The third kappa shape index (κ3) is 3.10. The van der Waals surface area contributed by atoms with Gasteiger partial charge in [0.1, 0.15) is 0 Å². The summed E-state index contributed by atoms with van der Waals surface area (Å²) in [5.74, 6) is 0.146. The number of amides is 1. The third-order valence-electron chi connectivity index (χ3n) is 3.74. The highest BCUT2D eigenvalue weighted by Gasteiger charge is 2.25. The number of aryl methyl sites for hydroxylation is 1. The van der Waals surface area contributed by atoms with E-state index in [1.165, 1.54) is 11.1 Å². The van der Waals surface area contributed by atoms with Gasteiger partial charge in [-0.1, -0.05) is 29.8 Å². The van der Waals surface area contributed by atoms with Crippen molar-refractivity contribution in [3.05, 3.63) is 59.9 Å². The van der Waals surface area contributed by atoms with Crippen molar-refractivity contribution in [2.24, 2.45) is 0 Å². The molecule has 20 heavy (non-hydrogen) atoms. The second-order valence-electron chi connectivity index (χ2n) is 5.61.